The molecule has 2 fully saturated rings. The summed E-state index contributed by atoms with van der Waals surface area (Å²) >= 11 is 0. The second-order valence-corrected chi connectivity index (χ2v) is 6.69. The van der Waals surface area contributed by atoms with Crippen molar-refractivity contribution in [1.29, 1.82) is 0 Å². The smallest absolute Gasteiger partial charge is 0.262 e. The first-order chi connectivity index (χ1) is 10.1. The Balaban J connectivity index is 1.73. The molecule has 1 N–H and O–H groups in total. The highest BCUT2D eigenvalue weighted by molar-refractivity contribution is 6.22. The number of nitrogens with one attached hydrogen (secondary N) is 1. The molecule has 0 aromatic heterocycles. The Kier molecular flexibility index (Phi) is 2.73. The van der Waals surface area contributed by atoms with Crippen LogP contribution in [-0.4, -0.2) is 34.8 Å². The van der Waals surface area contributed by atoms with Crippen LogP contribution in [0.15, 0.2) is 12.1 Å². The number of rotatable bonds is 1. The third kappa shape index (κ3) is 1.78. The number of carbonyl (C=O) groups is 2. The number of imide groups is 1. The van der Waals surface area contributed by atoms with Crippen molar-refractivity contribution in [1.82, 2.24) is 10.2 Å². The van der Waals surface area contributed by atoms with Gasteiger partial charge in [-0.3, -0.25) is 14.5 Å². The SMILES string of the molecule is Cc1ccc(C)c2c1C(=O)N(C1CC3CCC(C1)N3)C2=O. The molecule has 4 heteroatoms. The van der Waals surface area contributed by atoms with Gasteiger partial charge in [0.2, 0.25) is 0 Å². The second kappa shape index (κ2) is 4.41. The summed E-state index contributed by atoms with van der Waals surface area (Å²) in [5.41, 5.74) is 3.08. The van der Waals surface area contributed by atoms with Crippen LogP contribution in [0.25, 0.3) is 0 Å². The van der Waals surface area contributed by atoms with E-state index in [9.17, 15) is 9.59 Å². The highest BCUT2D eigenvalue weighted by Gasteiger charge is 2.45. The van der Waals surface area contributed by atoms with E-state index in [0.717, 1.165) is 24.0 Å². The zero-order valence-corrected chi connectivity index (χ0v) is 12.5. The summed E-state index contributed by atoms with van der Waals surface area (Å²) in [4.78, 5) is 27.1. The van der Waals surface area contributed by atoms with Crippen molar-refractivity contribution in [3.63, 3.8) is 0 Å². The molecule has 0 saturated carbocycles. The summed E-state index contributed by atoms with van der Waals surface area (Å²) in [6.07, 6.45) is 4.14. The second-order valence-electron chi connectivity index (χ2n) is 6.69. The van der Waals surface area contributed by atoms with Gasteiger partial charge in [-0.05, 0) is 50.7 Å². The monoisotopic (exact) mass is 284 g/mol. The Morgan fingerprint density at radius 2 is 1.43 bits per heavy atom. The van der Waals surface area contributed by atoms with Gasteiger partial charge in [-0.1, -0.05) is 12.1 Å². The lowest BCUT2D eigenvalue weighted by Crippen LogP contribution is -2.50. The Labute approximate surface area is 124 Å². The van der Waals surface area contributed by atoms with E-state index >= 15 is 0 Å². The van der Waals surface area contributed by atoms with Crippen LogP contribution in [0.3, 0.4) is 0 Å². The zero-order valence-electron chi connectivity index (χ0n) is 12.5. The normalized spacial score (nSPS) is 31.0. The molecule has 3 aliphatic rings. The van der Waals surface area contributed by atoms with E-state index in [-0.39, 0.29) is 17.9 Å². The molecular weight excluding hydrogens is 264 g/mol. The predicted molar refractivity (Wildman–Crippen MR) is 79.4 cm³/mol. The van der Waals surface area contributed by atoms with Crippen LogP contribution in [0.5, 0.6) is 0 Å². The topological polar surface area (TPSA) is 49.4 Å². The third-order valence-corrected chi connectivity index (χ3v) is 5.30. The molecule has 1 aromatic carbocycles. The van der Waals surface area contributed by atoms with E-state index in [2.05, 4.69) is 5.32 Å². The van der Waals surface area contributed by atoms with E-state index in [1.807, 2.05) is 26.0 Å². The Morgan fingerprint density at radius 1 is 0.952 bits per heavy atom. The largest absolute Gasteiger partial charge is 0.311 e. The molecule has 2 unspecified atom stereocenters. The van der Waals surface area contributed by atoms with Crippen LogP contribution in [0.4, 0.5) is 0 Å². The quantitative estimate of drug-likeness (QED) is 0.804. The fraction of sp³-hybridized carbons (Fsp3) is 0.529. The molecule has 2 saturated heterocycles. The van der Waals surface area contributed by atoms with Crippen LogP contribution in [-0.2, 0) is 0 Å². The van der Waals surface area contributed by atoms with Gasteiger partial charge in [0.25, 0.3) is 11.8 Å². The van der Waals surface area contributed by atoms with Crippen LogP contribution in [0.2, 0.25) is 0 Å². The summed E-state index contributed by atoms with van der Waals surface area (Å²) in [6.45, 7) is 3.83. The number of aryl methyl sites for hydroxylation is 2. The van der Waals surface area contributed by atoms with Crippen LogP contribution in [0.1, 0.15) is 57.5 Å². The van der Waals surface area contributed by atoms with Crippen molar-refractivity contribution in [3.05, 3.63) is 34.4 Å². The fourth-order valence-corrected chi connectivity index (χ4v) is 4.27. The summed E-state index contributed by atoms with van der Waals surface area (Å²) < 4.78 is 0. The highest BCUT2D eigenvalue weighted by atomic mass is 16.2. The maximum absolute atomic E-state index is 12.8. The van der Waals surface area contributed by atoms with Gasteiger partial charge >= 0.3 is 0 Å². The van der Waals surface area contributed by atoms with Crippen molar-refractivity contribution < 1.29 is 9.59 Å². The maximum Gasteiger partial charge on any atom is 0.262 e. The minimum absolute atomic E-state index is 0.0648. The lowest BCUT2D eigenvalue weighted by atomic mass is 9.98. The first-order valence-electron chi connectivity index (χ1n) is 7.80. The number of piperidine rings is 1. The minimum atomic E-state index is -0.0810. The predicted octanol–water partition coefficient (Wildman–Crippen LogP) is 2.18. The average Bonchev–Trinajstić information content (AvgIpc) is 2.92. The average molecular weight is 284 g/mol. The number of amides is 2. The van der Waals surface area contributed by atoms with E-state index < -0.39 is 0 Å². The van der Waals surface area contributed by atoms with Crippen LogP contribution in [0, 0.1) is 13.8 Å². The van der Waals surface area contributed by atoms with Gasteiger partial charge in [-0.2, -0.15) is 0 Å². The van der Waals surface area contributed by atoms with Crippen molar-refractivity contribution in [3.8, 4) is 0 Å². The molecule has 2 bridgehead atoms. The summed E-state index contributed by atoms with van der Waals surface area (Å²) in [5, 5.41) is 3.57. The highest BCUT2D eigenvalue weighted by Crippen LogP contribution is 2.36. The number of carbonyl (C=O) groups excluding carboxylic acids is 2. The molecule has 2 amide bonds. The number of hydrogen-bond acceptors (Lipinski definition) is 3. The lowest BCUT2D eigenvalue weighted by Gasteiger charge is -2.34. The Bertz CT molecular complexity index is 599. The third-order valence-electron chi connectivity index (χ3n) is 5.30. The molecule has 1 aromatic rings. The van der Waals surface area contributed by atoms with E-state index in [4.69, 9.17) is 0 Å². The van der Waals surface area contributed by atoms with Gasteiger partial charge in [0, 0.05) is 18.1 Å². The van der Waals surface area contributed by atoms with Gasteiger partial charge in [0.05, 0.1) is 11.1 Å². The van der Waals surface area contributed by atoms with E-state index in [0.29, 0.717) is 23.2 Å². The van der Waals surface area contributed by atoms with Crippen LogP contribution >= 0.6 is 0 Å². The van der Waals surface area contributed by atoms with Gasteiger partial charge in [0.15, 0.2) is 0 Å². The number of fused-ring (bicyclic) bond motifs is 3. The molecule has 4 rings (SSSR count). The van der Waals surface area contributed by atoms with E-state index in [1.165, 1.54) is 12.8 Å². The van der Waals surface area contributed by atoms with E-state index in [1.54, 1.807) is 4.90 Å². The minimum Gasteiger partial charge on any atom is -0.311 e. The molecule has 0 radical (unpaired) electrons. The molecule has 21 heavy (non-hydrogen) atoms. The molecule has 3 heterocycles. The first-order valence-corrected chi connectivity index (χ1v) is 7.80. The maximum atomic E-state index is 12.8. The lowest BCUT2D eigenvalue weighted by molar-refractivity contribution is 0.0535. The zero-order chi connectivity index (χ0) is 14.7. The number of nitrogens with zero attached hydrogens (tertiary/aromatic N) is 1. The fourth-order valence-electron chi connectivity index (χ4n) is 4.27. The van der Waals surface area contributed by atoms with Crippen LogP contribution < -0.4 is 5.32 Å². The van der Waals surface area contributed by atoms with Gasteiger partial charge in [-0.25, -0.2) is 0 Å². The Morgan fingerprint density at radius 3 is 1.90 bits per heavy atom. The first kappa shape index (κ1) is 13.0. The molecule has 0 aliphatic carbocycles. The number of hydrogen-bond donors (Lipinski definition) is 1. The van der Waals surface area contributed by atoms with Crippen molar-refractivity contribution in [2.75, 3.05) is 0 Å². The van der Waals surface area contributed by atoms with Gasteiger partial charge < -0.3 is 5.32 Å². The van der Waals surface area contributed by atoms with Gasteiger partial charge in [0.1, 0.15) is 0 Å². The van der Waals surface area contributed by atoms with Gasteiger partial charge in [-0.15, -0.1) is 0 Å². The Hall–Kier alpha value is -1.68. The molecule has 110 valence electrons. The number of benzene rings is 1. The van der Waals surface area contributed by atoms with Crippen molar-refractivity contribution >= 4 is 11.8 Å². The molecule has 3 aliphatic heterocycles. The molecule has 2 atom stereocenters. The summed E-state index contributed by atoms with van der Waals surface area (Å²) in [5.74, 6) is -0.162. The van der Waals surface area contributed by atoms with Crippen molar-refractivity contribution in [2.45, 2.75) is 57.7 Å². The summed E-state index contributed by atoms with van der Waals surface area (Å²) in [7, 11) is 0. The molecule has 0 spiro atoms. The molecular formula is C17H20N2O2. The standard InChI is InChI=1S/C17H20N2O2/c1-9-3-4-10(2)15-14(9)16(20)19(17(15)21)13-7-11-5-6-12(8-13)18-11/h3-4,11-13,18H,5-8H2,1-2H3. The molecule has 4 nitrogen and oxygen atoms in total. The summed E-state index contributed by atoms with van der Waals surface area (Å²) in [6, 6.07) is 4.89. The van der Waals surface area contributed by atoms with Crippen molar-refractivity contribution in [2.24, 2.45) is 0 Å².